The third kappa shape index (κ3) is 2.05. The predicted octanol–water partition coefficient (Wildman–Crippen LogP) is 1.35. The number of hydrogen-bond acceptors (Lipinski definition) is 4. The summed E-state index contributed by atoms with van der Waals surface area (Å²) in [6.45, 7) is 1.76. The smallest absolute Gasteiger partial charge is 0.241 e. The molecule has 16 heavy (non-hydrogen) atoms. The van der Waals surface area contributed by atoms with E-state index >= 15 is 0 Å². The number of nitrogens with two attached hydrogens (primary N) is 1. The molecule has 6 heteroatoms. The van der Waals surface area contributed by atoms with E-state index in [0.29, 0.717) is 22.2 Å². The first kappa shape index (κ1) is 11.0. The van der Waals surface area contributed by atoms with Crippen molar-refractivity contribution in [3.05, 3.63) is 17.2 Å². The van der Waals surface area contributed by atoms with Gasteiger partial charge in [0.15, 0.2) is 11.5 Å². The maximum atomic E-state index is 11.4. The Hall–Kier alpha value is -1.46. The summed E-state index contributed by atoms with van der Waals surface area (Å²) in [6, 6.07) is 2.62. The summed E-state index contributed by atoms with van der Waals surface area (Å²) in [6.07, 6.45) is 0. The molecule has 1 aliphatic heterocycles. The minimum absolute atomic E-state index is 0.163. The lowest BCUT2D eigenvalue weighted by Gasteiger charge is -2.10. The summed E-state index contributed by atoms with van der Waals surface area (Å²) >= 11 is 5.97. The minimum Gasteiger partial charge on any atom is -0.454 e. The number of carbonyl (C=O) groups is 1. The standard InChI is InChI=1S/C10H11ClN2O3/c1-5(12)10(14)13-7-3-9-8(2-6(7)11)15-4-16-9/h2-3,5H,4,12H2,1H3,(H,13,14). The number of amides is 1. The molecule has 0 saturated carbocycles. The first-order valence-electron chi connectivity index (χ1n) is 4.73. The average molecular weight is 243 g/mol. The van der Waals surface area contributed by atoms with Crippen LogP contribution in [0.1, 0.15) is 6.92 Å². The molecule has 0 aliphatic carbocycles. The van der Waals surface area contributed by atoms with Gasteiger partial charge in [-0.3, -0.25) is 4.79 Å². The van der Waals surface area contributed by atoms with Gasteiger partial charge >= 0.3 is 0 Å². The Labute approximate surface area is 97.5 Å². The Balaban J connectivity index is 2.25. The number of carbonyl (C=O) groups excluding carboxylic acids is 1. The second kappa shape index (κ2) is 4.19. The minimum atomic E-state index is -0.596. The summed E-state index contributed by atoms with van der Waals surface area (Å²) < 4.78 is 10.3. The summed E-state index contributed by atoms with van der Waals surface area (Å²) in [5.41, 5.74) is 5.90. The van der Waals surface area contributed by atoms with Crippen LogP contribution in [0.15, 0.2) is 12.1 Å². The second-order valence-corrected chi connectivity index (χ2v) is 3.87. The highest BCUT2D eigenvalue weighted by molar-refractivity contribution is 6.34. The van der Waals surface area contributed by atoms with Gasteiger partial charge in [0, 0.05) is 12.1 Å². The van der Waals surface area contributed by atoms with E-state index in [0.717, 1.165) is 0 Å². The van der Waals surface area contributed by atoms with Gasteiger partial charge in [0.1, 0.15) is 0 Å². The topological polar surface area (TPSA) is 73.6 Å². The number of fused-ring (bicyclic) bond motifs is 1. The van der Waals surface area contributed by atoms with Crippen molar-refractivity contribution in [1.29, 1.82) is 0 Å². The zero-order chi connectivity index (χ0) is 11.7. The number of anilines is 1. The van der Waals surface area contributed by atoms with Gasteiger partial charge in [-0.1, -0.05) is 11.6 Å². The van der Waals surface area contributed by atoms with E-state index in [-0.39, 0.29) is 12.7 Å². The third-order valence-corrected chi connectivity index (χ3v) is 2.45. The van der Waals surface area contributed by atoms with Gasteiger partial charge in [0.2, 0.25) is 12.7 Å². The SMILES string of the molecule is CC(N)C(=O)Nc1cc2c(cc1Cl)OCO2. The number of halogens is 1. The van der Waals surface area contributed by atoms with Gasteiger partial charge in [-0.15, -0.1) is 0 Å². The fourth-order valence-corrected chi connectivity index (χ4v) is 1.46. The highest BCUT2D eigenvalue weighted by Gasteiger charge is 2.18. The van der Waals surface area contributed by atoms with Crippen molar-refractivity contribution in [2.24, 2.45) is 5.73 Å². The second-order valence-electron chi connectivity index (χ2n) is 3.46. The Morgan fingerprint density at radius 3 is 2.75 bits per heavy atom. The summed E-state index contributed by atoms with van der Waals surface area (Å²) in [4.78, 5) is 11.4. The van der Waals surface area contributed by atoms with Crippen LogP contribution in [0.5, 0.6) is 11.5 Å². The van der Waals surface area contributed by atoms with E-state index in [1.807, 2.05) is 0 Å². The van der Waals surface area contributed by atoms with E-state index in [1.54, 1.807) is 19.1 Å². The van der Waals surface area contributed by atoms with Crippen LogP contribution >= 0.6 is 11.6 Å². The van der Waals surface area contributed by atoms with Crippen LogP contribution < -0.4 is 20.5 Å². The average Bonchev–Trinajstić information content (AvgIpc) is 2.65. The molecular formula is C10H11ClN2O3. The lowest BCUT2D eigenvalue weighted by atomic mass is 10.2. The molecule has 0 fully saturated rings. The largest absolute Gasteiger partial charge is 0.454 e. The fraction of sp³-hybridized carbons (Fsp3) is 0.300. The summed E-state index contributed by atoms with van der Waals surface area (Å²) in [5, 5.41) is 3.00. The van der Waals surface area contributed by atoms with E-state index in [1.165, 1.54) is 0 Å². The maximum Gasteiger partial charge on any atom is 0.241 e. The Bertz CT molecular complexity index is 434. The van der Waals surface area contributed by atoms with Gasteiger partial charge in [-0.05, 0) is 6.92 Å². The van der Waals surface area contributed by atoms with Crippen molar-refractivity contribution in [1.82, 2.24) is 0 Å². The lowest BCUT2D eigenvalue weighted by molar-refractivity contribution is -0.117. The maximum absolute atomic E-state index is 11.4. The molecule has 0 bridgehead atoms. The van der Waals surface area contributed by atoms with Crippen molar-refractivity contribution in [3.63, 3.8) is 0 Å². The van der Waals surface area contributed by atoms with Crippen LogP contribution in [0, 0.1) is 0 Å². The summed E-state index contributed by atoms with van der Waals surface area (Å²) in [7, 11) is 0. The molecule has 3 N–H and O–H groups in total. The van der Waals surface area contributed by atoms with Gasteiger partial charge in [-0.25, -0.2) is 0 Å². The molecule has 1 aromatic carbocycles. The molecule has 1 atom stereocenters. The van der Waals surface area contributed by atoms with Crippen LogP contribution in [0.3, 0.4) is 0 Å². The molecule has 0 saturated heterocycles. The number of rotatable bonds is 2. The van der Waals surface area contributed by atoms with Crippen LogP contribution in [0.4, 0.5) is 5.69 Å². The normalized spacial score (nSPS) is 14.7. The van der Waals surface area contributed by atoms with Crippen molar-refractivity contribution in [2.75, 3.05) is 12.1 Å². The molecule has 2 rings (SSSR count). The highest BCUT2D eigenvalue weighted by Crippen LogP contribution is 2.39. The number of hydrogen-bond donors (Lipinski definition) is 2. The van der Waals surface area contributed by atoms with E-state index < -0.39 is 6.04 Å². The Kier molecular flexibility index (Phi) is 2.89. The zero-order valence-electron chi connectivity index (χ0n) is 8.62. The molecule has 1 aromatic rings. The zero-order valence-corrected chi connectivity index (χ0v) is 9.38. The number of nitrogens with one attached hydrogen (secondary N) is 1. The molecule has 5 nitrogen and oxygen atoms in total. The Morgan fingerprint density at radius 2 is 2.12 bits per heavy atom. The van der Waals surface area contributed by atoms with Crippen LogP contribution in [-0.4, -0.2) is 18.7 Å². The summed E-state index contributed by atoms with van der Waals surface area (Å²) in [5.74, 6) is 0.828. The van der Waals surface area contributed by atoms with Crippen LogP contribution in [0.2, 0.25) is 5.02 Å². The Morgan fingerprint density at radius 1 is 1.50 bits per heavy atom. The number of benzene rings is 1. The molecule has 0 radical (unpaired) electrons. The van der Waals surface area contributed by atoms with E-state index in [4.69, 9.17) is 26.8 Å². The molecule has 1 amide bonds. The molecule has 0 aromatic heterocycles. The van der Waals surface area contributed by atoms with Gasteiger partial charge in [-0.2, -0.15) is 0 Å². The molecule has 1 aliphatic rings. The van der Waals surface area contributed by atoms with Gasteiger partial charge in [0.25, 0.3) is 0 Å². The first-order chi connectivity index (χ1) is 7.58. The molecule has 1 unspecified atom stereocenters. The van der Waals surface area contributed by atoms with Crippen molar-refractivity contribution >= 4 is 23.2 Å². The lowest BCUT2D eigenvalue weighted by Crippen LogP contribution is -2.32. The molecule has 0 spiro atoms. The monoisotopic (exact) mass is 242 g/mol. The predicted molar refractivity (Wildman–Crippen MR) is 59.9 cm³/mol. The molecular weight excluding hydrogens is 232 g/mol. The highest BCUT2D eigenvalue weighted by atomic mass is 35.5. The van der Waals surface area contributed by atoms with E-state index in [9.17, 15) is 4.79 Å². The number of ether oxygens (including phenoxy) is 2. The third-order valence-electron chi connectivity index (χ3n) is 2.13. The van der Waals surface area contributed by atoms with Crippen LogP contribution in [0.25, 0.3) is 0 Å². The molecule has 1 heterocycles. The van der Waals surface area contributed by atoms with Crippen LogP contribution in [-0.2, 0) is 4.79 Å². The molecule has 86 valence electrons. The van der Waals surface area contributed by atoms with Gasteiger partial charge in [0.05, 0.1) is 16.8 Å². The van der Waals surface area contributed by atoms with Crippen molar-refractivity contribution in [3.8, 4) is 11.5 Å². The van der Waals surface area contributed by atoms with Crippen molar-refractivity contribution < 1.29 is 14.3 Å². The van der Waals surface area contributed by atoms with Gasteiger partial charge < -0.3 is 20.5 Å². The van der Waals surface area contributed by atoms with E-state index in [2.05, 4.69) is 5.32 Å². The fourth-order valence-electron chi connectivity index (χ4n) is 1.26. The quantitative estimate of drug-likeness (QED) is 0.821. The van der Waals surface area contributed by atoms with Crippen molar-refractivity contribution in [2.45, 2.75) is 13.0 Å². The first-order valence-corrected chi connectivity index (χ1v) is 5.11.